The van der Waals surface area contributed by atoms with Crippen molar-refractivity contribution in [2.75, 3.05) is 0 Å². The minimum Gasteiger partial charge on any atom is -0.481 e. The monoisotopic (exact) mass is 261 g/mol. The Kier molecular flexibility index (Phi) is 3.77. The Morgan fingerprint density at radius 1 is 1.28 bits per heavy atom. The Morgan fingerprint density at radius 3 is 2.50 bits per heavy atom. The molecule has 2 rings (SSSR count). The normalized spacial score (nSPS) is 12.6. The van der Waals surface area contributed by atoms with Crippen LogP contribution in [0.5, 0.6) is 0 Å². The molecule has 1 aromatic carbocycles. The van der Waals surface area contributed by atoms with Crippen molar-refractivity contribution in [3.63, 3.8) is 0 Å². The van der Waals surface area contributed by atoms with Crippen LogP contribution in [0, 0.1) is 5.92 Å². The van der Waals surface area contributed by atoms with Crippen LogP contribution in [-0.2, 0) is 4.79 Å². The summed E-state index contributed by atoms with van der Waals surface area (Å²) in [7, 11) is 0. The lowest BCUT2D eigenvalue weighted by Gasteiger charge is -2.12. The van der Waals surface area contributed by atoms with Crippen LogP contribution in [0.4, 0.5) is 0 Å². The van der Waals surface area contributed by atoms with Gasteiger partial charge >= 0.3 is 5.97 Å². The minimum atomic E-state index is -0.807. The van der Waals surface area contributed by atoms with E-state index in [-0.39, 0.29) is 5.92 Å². The van der Waals surface area contributed by atoms with Crippen molar-refractivity contribution >= 4 is 17.3 Å². The maximum absolute atomic E-state index is 11.3. The van der Waals surface area contributed by atoms with Crippen LogP contribution in [0.25, 0.3) is 11.3 Å². The van der Waals surface area contributed by atoms with Crippen molar-refractivity contribution in [3.8, 4) is 11.3 Å². The second kappa shape index (κ2) is 5.31. The lowest BCUT2D eigenvalue weighted by molar-refractivity contribution is -0.139. The van der Waals surface area contributed by atoms with Gasteiger partial charge in [0, 0.05) is 10.9 Å². The number of thiazole rings is 1. The first-order chi connectivity index (χ1) is 8.59. The van der Waals surface area contributed by atoms with Gasteiger partial charge in [-0.1, -0.05) is 44.2 Å². The topological polar surface area (TPSA) is 50.2 Å². The summed E-state index contributed by atoms with van der Waals surface area (Å²) in [6.07, 6.45) is 0. The van der Waals surface area contributed by atoms with E-state index in [1.165, 1.54) is 11.3 Å². The highest BCUT2D eigenvalue weighted by Crippen LogP contribution is 2.30. The van der Waals surface area contributed by atoms with E-state index >= 15 is 0 Å². The van der Waals surface area contributed by atoms with Crippen LogP contribution in [-0.4, -0.2) is 16.1 Å². The van der Waals surface area contributed by atoms with Gasteiger partial charge in [-0.05, 0) is 5.92 Å². The summed E-state index contributed by atoms with van der Waals surface area (Å²) >= 11 is 1.42. The number of carboxylic acids is 1. The highest BCUT2D eigenvalue weighted by molar-refractivity contribution is 7.10. The summed E-state index contributed by atoms with van der Waals surface area (Å²) in [5, 5.41) is 11.8. The molecule has 0 aliphatic rings. The lowest BCUT2D eigenvalue weighted by Crippen LogP contribution is -2.17. The number of carbonyl (C=O) groups is 1. The molecule has 0 bridgehead atoms. The second-order valence-electron chi connectivity index (χ2n) is 4.50. The molecule has 0 saturated heterocycles. The fourth-order valence-electron chi connectivity index (χ4n) is 1.85. The first-order valence-electron chi connectivity index (χ1n) is 5.83. The van der Waals surface area contributed by atoms with Gasteiger partial charge in [-0.15, -0.1) is 11.3 Å². The minimum absolute atomic E-state index is 0.0391. The molecule has 1 heterocycles. The summed E-state index contributed by atoms with van der Waals surface area (Å²) in [6, 6.07) is 9.80. The highest BCUT2D eigenvalue weighted by atomic mass is 32.1. The predicted octanol–water partition coefficient (Wildman–Crippen LogP) is 3.63. The molecule has 4 heteroatoms. The predicted molar refractivity (Wildman–Crippen MR) is 72.8 cm³/mol. The molecular weight excluding hydrogens is 246 g/mol. The van der Waals surface area contributed by atoms with Gasteiger partial charge in [0.1, 0.15) is 10.9 Å². The van der Waals surface area contributed by atoms with Gasteiger partial charge in [-0.2, -0.15) is 0 Å². The summed E-state index contributed by atoms with van der Waals surface area (Å²) in [4.78, 5) is 15.7. The van der Waals surface area contributed by atoms with E-state index in [4.69, 9.17) is 0 Å². The van der Waals surface area contributed by atoms with E-state index in [9.17, 15) is 9.90 Å². The summed E-state index contributed by atoms with van der Waals surface area (Å²) < 4.78 is 0. The van der Waals surface area contributed by atoms with Crippen LogP contribution < -0.4 is 0 Å². The van der Waals surface area contributed by atoms with E-state index in [1.54, 1.807) is 0 Å². The molecule has 1 atom stereocenters. The van der Waals surface area contributed by atoms with Gasteiger partial charge in [0.15, 0.2) is 0 Å². The molecule has 0 amide bonds. The van der Waals surface area contributed by atoms with Gasteiger partial charge < -0.3 is 5.11 Å². The molecule has 0 aliphatic heterocycles. The molecule has 0 spiro atoms. The van der Waals surface area contributed by atoms with Crippen molar-refractivity contribution in [2.24, 2.45) is 5.92 Å². The van der Waals surface area contributed by atoms with Crippen molar-refractivity contribution < 1.29 is 9.90 Å². The number of aliphatic carboxylic acids is 1. The van der Waals surface area contributed by atoms with Gasteiger partial charge in [-0.3, -0.25) is 4.79 Å². The molecule has 0 aliphatic carbocycles. The van der Waals surface area contributed by atoms with Gasteiger partial charge in [-0.25, -0.2) is 4.98 Å². The van der Waals surface area contributed by atoms with Crippen LogP contribution >= 0.6 is 11.3 Å². The number of carboxylic acid groups (broad SMARTS) is 1. The van der Waals surface area contributed by atoms with Crippen molar-refractivity contribution in [1.29, 1.82) is 0 Å². The number of nitrogens with zero attached hydrogens (tertiary/aromatic N) is 1. The molecule has 2 aromatic rings. The number of benzene rings is 1. The van der Waals surface area contributed by atoms with Crippen LogP contribution in [0.3, 0.4) is 0 Å². The standard InChI is InChI=1S/C14H15NO2S/c1-9(2)12(14(16)17)13-15-11(8-18-13)10-6-4-3-5-7-10/h3-9,12H,1-2H3,(H,16,17). The molecule has 0 radical (unpaired) electrons. The molecule has 94 valence electrons. The average molecular weight is 261 g/mol. The molecule has 0 saturated carbocycles. The van der Waals surface area contributed by atoms with Crippen LogP contribution in [0.15, 0.2) is 35.7 Å². The highest BCUT2D eigenvalue weighted by Gasteiger charge is 2.26. The third-order valence-corrected chi connectivity index (χ3v) is 3.72. The Hall–Kier alpha value is -1.68. The van der Waals surface area contributed by atoms with Gasteiger partial charge in [0.25, 0.3) is 0 Å². The smallest absolute Gasteiger partial charge is 0.313 e. The van der Waals surface area contributed by atoms with Crippen LogP contribution in [0.1, 0.15) is 24.8 Å². The van der Waals surface area contributed by atoms with Crippen molar-refractivity contribution in [2.45, 2.75) is 19.8 Å². The third-order valence-electron chi connectivity index (χ3n) is 2.79. The Morgan fingerprint density at radius 2 is 1.94 bits per heavy atom. The molecule has 3 nitrogen and oxygen atoms in total. The molecule has 0 fully saturated rings. The Labute approximate surface area is 110 Å². The Balaban J connectivity index is 2.33. The van der Waals surface area contributed by atoms with Crippen molar-refractivity contribution in [1.82, 2.24) is 4.98 Å². The Bertz CT molecular complexity index is 534. The number of hydrogen-bond donors (Lipinski definition) is 1. The second-order valence-corrected chi connectivity index (χ2v) is 5.39. The number of aromatic nitrogens is 1. The fourth-order valence-corrected chi connectivity index (χ4v) is 2.94. The summed E-state index contributed by atoms with van der Waals surface area (Å²) in [5.74, 6) is -1.29. The average Bonchev–Trinajstić information content (AvgIpc) is 2.78. The van der Waals surface area contributed by atoms with Crippen molar-refractivity contribution in [3.05, 3.63) is 40.7 Å². The zero-order valence-corrected chi connectivity index (χ0v) is 11.1. The first kappa shape index (κ1) is 12.8. The van der Waals surface area contributed by atoms with E-state index in [2.05, 4.69) is 4.98 Å². The van der Waals surface area contributed by atoms with E-state index in [1.807, 2.05) is 49.6 Å². The summed E-state index contributed by atoms with van der Waals surface area (Å²) in [6.45, 7) is 3.81. The zero-order valence-electron chi connectivity index (χ0n) is 10.3. The maximum Gasteiger partial charge on any atom is 0.313 e. The molecule has 18 heavy (non-hydrogen) atoms. The number of hydrogen-bond acceptors (Lipinski definition) is 3. The first-order valence-corrected chi connectivity index (χ1v) is 6.71. The van der Waals surface area contributed by atoms with Gasteiger partial charge in [0.2, 0.25) is 0 Å². The quantitative estimate of drug-likeness (QED) is 0.914. The van der Waals surface area contributed by atoms with Crippen LogP contribution in [0.2, 0.25) is 0 Å². The molecule has 1 unspecified atom stereocenters. The van der Waals surface area contributed by atoms with E-state index in [0.29, 0.717) is 5.01 Å². The SMILES string of the molecule is CC(C)C(C(=O)O)c1nc(-c2ccccc2)cs1. The zero-order chi connectivity index (χ0) is 13.1. The number of rotatable bonds is 4. The summed E-state index contributed by atoms with van der Waals surface area (Å²) in [5.41, 5.74) is 1.87. The van der Waals surface area contributed by atoms with E-state index < -0.39 is 11.9 Å². The van der Waals surface area contributed by atoms with E-state index in [0.717, 1.165) is 11.3 Å². The molecule has 1 N–H and O–H groups in total. The fraction of sp³-hybridized carbons (Fsp3) is 0.286. The lowest BCUT2D eigenvalue weighted by atomic mass is 9.97. The molecule has 1 aromatic heterocycles. The largest absolute Gasteiger partial charge is 0.481 e. The maximum atomic E-state index is 11.3. The molecular formula is C14H15NO2S. The third kappa shape index (κ3) is 2.59. The van der Waals surface area contributed by atoms with Gasteiger partial charge in [0.05, 0.1) is 5.69 Å².